The van der Waals surface area contributed by atoms with Gasteiger partial charge in [-0.2, -0.15) is 0 Å². The normalized spacial score (nSPS) is 10.8. The topological polar surface area (TPSA) is 32.9 Å². The Morgan fingerprint density at radius 2 is 2.21 bits per heavy atom. The zero-order chi connectivity index (χ0) is 10.3. The maximum Gasteiger partial charge on any atom is 0.152 e. The van der Waals surface area contributed by atoms with Crippen LogP contribution in [0.4, 0.5) is 4.39 Å². The fourth-order valence-electron chi connectivity index (χ4n) is 1.50. The van der Waals surface area contributed by atoms with Crippen LogP contribution in [0, 0.1) is 12.7 Å². The molecule has 0 aliphatic carbocycles. The van der Waals surface area contributed by atoms with E-state index < -0.39 is 0 Å². The Bertz CT molecular complexity index is 518. The van der Waals surface area contributed by atoms with E-state index in [2.05, 4.69) is 20.9 Å². The van der Waals surface area contributed by atoms with E-state index in [1.54, 1.807) is 13.0 Å². The Labute approximate surface area is 88.2 Å². The van der Waals surface area contributed by atoms with Gasteiger partial charge in [0.1, 0.15) is 5.82 Å². The number of aromatic amines is 1. The van der Waals surface area contributed by atoms with Gasteiger partial charge in [-0.05, 0) is 35.0 Å². The van der Waals surface area contributed by atoms with E-state index in [0.29, 0.717) is 15.4 Å². The molecule has 0 aliphatic rings. The molecule has 2 aromatic rings. The molecule has 0 fully saturated rings. The first-order valence-corrected chi connectivity index (χ1v) is 4.85. The van der Waals surface area contributed by atoms with Crippen LogP contribution in [0.15, 0.2) is 16.6 Å². The van der Waals surface area contributed by atoms with Crippen LogP contribution >= 0.6 is 15.9 Å². The minimum atomic E-state index is -0.361. The summed E-state index contributed by atoms with van der Waals surface area (Å²) in [6.45, 7) is 1.79. The van der Waals surface area contributed by atoms with Crippen molar-refractivity contribution in [3.63, 3.8) is 0 Å². The van der Waals surface area contributed by atoms with E-state index in [1.165, 1.54) is 6.07 Å². The number of rotatable bonds is 1. The van der Waals surface area contributed by atoms with Crippen LogP contribution in [0.5, 0.6) is 0 Å². The maximum atomic E-state index is 13.2. The third-order valence-electron chi connectivity index (χ3n) is 2.19. The molecule has 4 heteroatoms. The van der Waals surface area contributed by atoms with E-state index in [1.807, 2.05) is 0 Å². The monoisotopic (exact) mass is 255 g/mol. The number of aromatic nitrogens is 1. The van der Waals surface area contributed by atoms with E-state index >= 15 is 0 Å². The highest BCUT2D eigenvalue weighted by molar-refractivity contribution is 9.10. The number of benzene rings is 1. The summed E-state index contributed by atoms with van der Waals surface area (Å²) in [7, 11) is 0. The highest BCUT2D eigenvalue weighted by atomic mass is 79.9. The molecule has 0 saturated heterocycles. The Balaban J connectivity index is 2.89. The molecule has 0 radical (unpaired) electrons. The van der Waals surface area contributed by atoms with Gasteiger partial charge >= 0.3 is 0 Å². The molecule has 1 aromatic carbocycles. The summed E-state index contributed by atoms with van der Waals surface area (Å²) in [4.78, 5) is 13.8. The summed E-state index contributed by atoms with van der Waals surface area (Å²) in [5, 5.41) is 0.623. The standard InChI is InChI=1S/C10H7BrFNO/c1-5-7(4-14)6-2-9(12)8(11)3-10(6)13-5/h2-4,13H,1H3. The zero-order valence-corrected chi connectivity index (χ0v) is 8.98. The molecule has 2 rings (SSSR count). The lowest BCUT2D eigenvalue weighted by Gasteiger charge is -1.94. The quantitative estimate of drug-likeness (QED) is 0.781. The molecule has 1 heterocycles. The number of carbonyl (C=O) groups is 1. The summed E-state index contributed by atoms with van der Waals surface area (Å²) in [5.41, 5.74) is 2.04. The van der Waals surface area contributed by atoms with Gasteiger partial charge in [-0.1, -0.05) is 0 Å². The molecule has 0 aliphatic heterocycles. The van der Waals surface area contributed by atoms with E-state index in [0.717, 1.165) is 17.5 Å². The van der Waals surface area contributed by atoms with Gasteiger partial charge in [0.15, 0.2) is 6.29 Å². The van der Waals surface area contributed by atoms with E-state index in [4.69, 9.17) is 0 Å². The number of aldehydes is 1. The summed E-state index contributed by atoms with van der Waals surface area (Å²) in [6, 6.07) is 2.98. The Kier molecular flexibility index (Phi) is 2.15. The van der Waals surface area contributed by atoms with Gasteiger partial charge in [0.25, 0.3) is 0 Å². The fourth-order valence-corrected chi connectivity index (χ4v) is 1.84. The predicted octanol–water partition coefficient (Wildman–Crippen LogP) is 3.19. The molecule has 0 spiro atoms. The molecular weight excluding hydrogens is 249 g/mol. The lowest BCUT2D eigenvalue weighted by molar-refractivity contribution is 0.112. The molecule has 0 saturated carbocycles. The number of aryl methyl sites for hydroxylation is 1. The van der Waals surface area contributed by atoms with Gasteiger partial charge in [0, 0.05) is 22.2 Å². The second kappa shape index (κ2) is 3.20. The van der Waals surface area contributed by atoms with Crippen molar-refractivity contribution in [2.24, 2.45) is 0 Å². The largest absolute Gasteiger partial charge is 0.358 e. The van der Waals surface area contributed by atoms with Crippen molar-refractivity contribution in [1.29, 1.82) is 0 Å². The third kappa shape index (κ3) is 1.26. The van der Waals surface area contributed by atoms with E-state index in [-0.39, 0.29) is 5.82 Å². The van der Waals surface area contributed by atoms with Crippen LogP contribution in [0.1, 0.15) is 16.1 Å². The molecule has 1 aromatic heterocycles. The average molecular weight is 256 g/mol. The van der Waals surface area contributed by atoms with Crippen LogP contribution in [-0.4, -0.2) is 11.3 Å². The molecule has 72 valence electrons. The zero-order valence-electron chi connectivity index (χ0n) is 7.40. The minimum absolute atomic E-state index is 0.361. The van der Waals surface area contributed by atoms with Crippen molar-refractivity contribution < 1.29 is 9.18 Å². The lowest BCUT2D eigenvalue weighted by Crippen LogP contribution is -1.81. The number of H-pyrrole nitrogens is 1. The van der Waals surface area contributed by atoms with Crippen molar-refractivity contribution in [2.75, 3.05) is 0 Å². The summed E-state index contributed by atoms with van der Waals surface area (Å²) in [6.07, 6.45) is 0.738. The van der Waals surface area contributed by atoms with Crippen molar-refractivity contribution in [2.45, 2.75) is 6.92 Å². The number of hydrogen-bond donors (Lipinski definition) is 1. The molecule has 14 heavy (non-hydrogen) atoms. The van der Waals surface area contributed by atoms with Crippen LogP contribution < -0.4 is 0 Å². The molecule has 1 N–H and O–H groups in total. The molecule has 0 unspecified atom stereocenters. The van der Waals surface area contributed by atoms with Crippen molar-refractivity contribution >= 4 is 33.1 Å². The molecule has 0 atom stereocenters. The summed E-state index contributed by atoms with van der Waals surface area (Å²) < 4.78 is 13.6. The summed E-state index contributed by atoms with van der Waals surface area (Å²) >= 11 is 3.09. The van der Waals surface area contributed by atoms with Crippen molar-refractivity contribution in [1.82, 2.24) is 4.98 Å². The lowest BCUT2D eigenvalue weighted by atomic mass is 10.1. The van der Waals surface area contributed by atoms with Crippen LogP contribution in [0.25, 0.3) is 10.9 Å². The number of fused-ring (bicyclic) bond motifs is 1. The van der Waals surface area contributed by atoms with Gasteiger partial charge in [-0.15, -0.1) is 0 Å². The van der Waals surface area contributed by atoms with Gasteiger partial charge in [0.05, 0.1) is 4.47 Å². The van der Waals surface area contributed by atoms with Gasteiger partial charge in [-0.25, -0.2) is 4.39 Å². The Hall–Kier alpha value is -1.16. The number of halogens is 2. The third-order valence-corrected chi connectivity index (χ3v) is 2.80. The van der Waals surface area contributed by atoms with Crippen molar-refractivity contribution in [3.05, 3.63) is 33.7 Å². The van der Waals surface area contributed by atoms with Crippen LogP contribution in [0.3, 0.4) is 0 Å². The molecule has 2 nitrogen and oxygen atoms in total. The average Bonchev–Trinajstić information content (AvgIpc) is 2.42. The Morgan fingerprint density at radius 1 is 1.50 bits per heavy atom. The van der Waals surface area contributed by atoms with Gasteiger partial charge < -0.3 is 4.98 Å². The van der Waals surface area contributed by atoms with Crippen molar-refractivity contribution in [3.8, 4) is 0 Å². The van der Waals surface area contributed by atoms with Gasteiger partial charge in [0.2, 0.25) is 0 Å². The van der Waals surface area contributed by atoms with Crippen LogP contribution in [0.2, 0.25) is 0 Å². The first kappa shape index (κ1) is 9.40. The maximum absolute atomic E-state index is 13.2. The van der Waals surface area contributed by atoms with E-state index in [9.17, 15) is 9.18 Å². The van der Waals surface area contributed by atoms with Gasteiger partial charge in [-0.3, -0.25) is 4.79 Å². The van der Waals surface area contributed by atoms with Crippen LogP contribution in [-0.2, 0) is 0 Å². The smallest absolute Gasteiger partial charge is 0.152 e. The second-order valence-corrected chi connectivity index (χ2v) is 3.95. The fraction of sp³-hybridized carbons (Fsp3) is 0.100. The Morgan fingerprint density at radius 3 is 2.86 bits per heavy atom. The second-order valence-electron chi connectivity index (χ2n) is 3.09. The molecule has 0 amide bonds. The molecule has 0 bridgehead atoms. The number of hydrogen-bond acceptors (Lipinski definition) is 1. The first-order valence-electron chi connectivity index (χ1n) is 4.06. The minimum Gasteiger partial charge on any atom is -0.358 e. The first-order chi connectivity index (χ1) is 6.63. The SMILES string of the molecule is Cc1[nH]c2cc(Br)c(F)cc2c1C=O. The predicted molar refractivity (Wildman–Crippen MR) is 56.1 cm³/mol. The molecular formula is C10H7BrFNO. The number of nitrogens with one attached hydrogen (secondary N) is 1. The highest BCUT2D eigenvalue weighted by Crippen LogP contribution is 2.26. The highest BCUT2D eigenvalue weighted by Gasteiger charge is 2.10. The number of carbonyl (C=O) groups excluding carboxylic acids is 1. The summed E-state index contributed by atoms with van der Waals surface area (Å²) in [5.74, 6) is -0.361.